The number of likely N-dealkylation sites (tertiary alicyclic amines) is 1. The molecule has 0 spiro atoms. The molecule has 1 aromatic carbocycles. The van der Waals surface area contributed by atoms with E-state index >= 15 is 0 Å². The highest BCUT2D eigenvalue weighted by atomic mass is 16.5. The average molecular weight is 314 g/mol. The fourth-order valence-electron chi connectivity index (χ4n) is 3.38. The second-order valence-electron chi connectivity index (χ2n) is 6.51. The van der Waals surface area contributed by atoms with E-state index in [0.29, 0.717) is 0 Å². The minimum Gasteiger partial charge on any atom is -0.497 e. The monoisotopic (exact) mass is 314 g/mol. The fraction of sp³-hybridized carbons (Fsp3) is 0.526. The number of methoxy groups -OCH3 is 1. The summed E-state index contributed by atoms with van der Waals surface area (Å²) in [6.45, 7) is 4.43. The molecule has 1 aliphatic rings. The molecule has 1 saturated heterocycles. The van der Waals surface area contributed by atoms with E-state index in [4.69, 9.17) is 9.26 Å². The third-order valence-electron chi connectivity index (χ3n) is 4.86. The summed E-state index contributed by atoms with van der Waals surface area (Å²) in [6, 6.07) is 4.04. The molecule has 4 heteroatoms. The van der Waals surface area contributed by atoms with Gasteiger partial charge in [-0.1, -0.05) is 17.3 Å². The summed E-state index contributed by atoms with van der Waals surface area (Å²) in [6.07, 6.45) is 8.79. The van der Waals surface area contributed by atoms with Crippen molar-refractivity contribution in [1.82, 2.24) is 10.1 Å². The number of aromatic nitrogens is 1. The van der Waals surface area contributed by atoms with Crippen LogP contribution < -0.4 is 4.74 Å². The number of benzene rings is 1. The highest BCUT2D eigenvalue weighted by molar-refractivity contribution is 5.89. The Kier molecular flexibility index (Phi) is 5.01. The van der Waals surface area contributed by atoms with Gasteiger partial charge in [-0.2, -0.15) is 0 Å². The molecule has 0 unspecified atom stereocenters. The molecule has 1 aromatic heterocycles. The van der Waals surface area contributed by atoms with Crippen molar-refractivity contribution in [1.29, 1.82) is 0 Å². The van der Waals surface area contributed by atoms with Gasteiger partial charge < -0.3 is 14.2 Å². The SMILES string of the molecule is C/C=C/c1cc(OC)cc2c(CCC3CCN(C)CC3)noc12. The van der Waals surface area contributed by atoms with Crippen LogP contribution >= 0.6 is 0 Å². The predicted molar refractivity (Wildman–Crippen MR) is 93.8 cm³/mol. The van der Waals surface area contributed by atoms with E-state index in [1.54, 1.807) is 7.11 Å². The molecule has 0 atom stereocenters. The molecule has 1 fully saturated rings. The lowest BCUT2D eigenvalue weighted by Crippen LogP contribution is -2.30. The number of fused-ring (bicyclic) bond motifs is 1. The second-order valence-corrected chi connectivity index (χ2v) is 6.51. The van der Waals surface area contributed by atoms with Gasteiger partial charge >= 0.3 is 0 Å². The summed E-state index contributed by atoms with van der Waals surface area (Å²) < 4.78 is 11.1. The van der Waals surface area contributed by atoms with E-state index in [1.165, 1.54) is 32.4 Å². The van der Waals surface area contributed by atoms with Gasteiger partial charge in [0.2, 0.25) is 0 Å². The quantitative estimate of drug-likeness (QED) is 0.831. The minimum atomic E-state index is 0.804. The van der Waals surface area contributed by atoms with Crippen LogP contribution in [0.3, 0.4) is 0 Å². The molecule has 0 radical (unpaired) electrons. The maximum Gasteiger partial charge on any atom is 0.174 e. The van der Waals surface area contributed by atoms with Gasteiger partial charge in [-0.25, -0.2) is 0 Å². The number of nitrogens with zero attached hydrogens (tertiary/aromatic N) is 2. The van der Waals surface area contributed by atoms with Gasteiger partial charge in [-0.05, 0) is 70.8 Å². The van der Waals surface area contributed by atoms with Gasteiger partial charge in [0.05, 0.1) is 12.8 Å². The molecule has 1 aliphatic heterocycles. The van der Waals surface area contributed by atoms with Gasteiger partial charge in [0.15, 0.2) is 5.58 Å². The molecule has 2 aromatic rings. The Labute approximate surface area is 138 Å². The zero-order valence-electron chi connectivity index (χ0n) is 14.3. The van der Waals surface area contributed by atoms with Crippen molar-refractivity contribution >= 4 is 17.0 Å². The maximum absolute atomic E-state index is 5.62. The van der Waals surface area contributed by atoms with E-state index in [9.17, 15) is 0 Å². The lowest BCUT2D eigenvalue weighted by Gasteiger charge is -2.28. The molecule has 0 saturated carbocycles. The summed E-state index contributed by atoms with van der Waals surface area (Å²) in [4.78, 5) is 2.41. The molecular formula is C19H26N2O2. The normalized spacial score (nSPS) is 17.3. The van der Waals surface area contributed by atoms with Crippen LogP contribution in [0.4, 0.5) is 0 Å². The van der Waals surface area contributed by atoms with E-state index in [0.717, 1.165) is 40.3 Å². The number of ether oxygens (including phenoxy) is 1. The largest absolute Gasteiger partial charge is 0.497 e. The third-order valence-corrected chi connectivity index (χ3v) is 4.86. The zero-order valence-corrected chi connectivity index (χ0v) is 14.3. The van der Waals surface area contributed by atoms with Crippen molar-refractivity contribution in [2.75, 3.05) is 27.2 Å². The van der Waals surface area contributed by atoms with Crippen LogP contribution in [0.2, 0.25) is 0 Å². The van der Waals surface area contributed by atoms with Gasteiger partial charge in [0, 0.05) is 10.9 Å². The highest BCUT2D eigenvalue weighted by Crippen LogP contribution is 2.31. The predicted octanol–water partition coefficient (Wildman–Crippen LogP) is 4.14. The Morgan fingerprint density at radius 1 is 1.35 bits per heavy atom. The molecule has 124 valence electrons. The Hall–Kier alpha value is -1.81. The third kappa shape index (κ3) is 3.58. The van der Waals surface area contributed by atoms with Crippen molar-refractivity contribution in [3.8, 4) is 5.75 Å². The molecule has 4 nitrogen and oxygen atoms in total. The first kappa shape index (κ1) is 16.1. The Bertz CT molecular complexity index is 682. The topological polar surface area (TPSA) is 38.5 Å². The van der Waals surface area contributed by atoms with Crippen molar-refractivity contribution in [2.24, 2.45) is 5.92 Å². The first-order valence-corrected chi connectivity index (χ1v) is 8.48. The lowest BCUT2D eigenvalue weighted by atomic mass is 9.91. The molecule has 0 aliphatic carbocycles. The number of rotatable bonds is 5. The molecule has 2 heterocycles. The summed E-state index contributed by atoms with van der Waals surface area (Å²) in [7, 11) is 3.91. The van der Waals surface area contributed by atoms with Crippen LogP contribution in [0.5, 0.6) is 5.75 Å². The molecule has 0 bridgehead atoms. The van der Waals surface area contributed by atoms with Crippen molar-refractivity contribution in [3.63, 3.8) is 0 Å². The lowest BCUT2D eigenvalue weighted by molar-refractivity contribution is 0.212. The van der Waals surface area contributed by atoms with Crippen LogP contribution in [-0.4, -0.2) is 37.3 Å². The Morgan fingerprint density at radius 2 is 2.13 bits per heavy atom. The van der Waals surface area contributed by atoms with Crippen molar-refractivity contribution < 1.29 is 9.26 Å². The highest BCUT2D eigenvalue weighted by Gasteiger charge is 2.19. The molecular weight excluding hydrogens is 288 g/mol. The van der Waals surface area contributed by atoms with E-state index in [1.807, 2.05) is 31.2 Å². The molecule has 3 rings (SSSR count). The fourth-order valence-corrected chi connectivity index (χ4v) is 3.38. The summed E-state index contributed by atoms with van der Waals surface area (Å²) in [5.74, 6) is 1.66. The first-order chi connectivity index (χ1) is 11.2. The van der Waals surface area contributed by atoms with Crippen LogP contribution in [0.15, 0.2) is 22.7 Å². The summed E-state index contributed by atoms with van der Waals surface area (Å²) in [5.41, 5.74) is 2.95. The van der Waals surface area contributed by atoms with E-state index in [-0.39, 0.29) is 0 Å². The summed E-state index contributed by atoms with van der Waals surface area (Å²) >= 11 is 0. The Morgan fingerprint density at radius 3 is 2.83 bits per heavy atom. The van der Waals surface area contributed by atoms with Crippen molar-refractivity contribution in [3.05, 3.63) is 29.5 Å². The minimum absolute atomic E-state index is 0.804. The van der Waals surface area contributed by atoms with E-state index < -0.39 is 0 Å². The maximum atomic E-state index is 5.62. The summed E-state index contributed by atoms with van der Waals surface area (Å²) in [5, 5.41) is 5.43. The van der Waals surface area contributed by atoms with Gasteiger partial charge in [-0.15, -0.1) is 0 Å². The second kappa shape index (κ2) is 7.18. The Balaban J connectivity index is 1.79. The average Bonchev–Trinajstić information content (AvgIpc) is 2.98. The van der Waals surface area contributed by atoms with Gasteiger partial charge in [-0.3, -0.25) is 0 Å². The van der Waals surface area contributed by atoms with Crippen molar-refractivity contribution in [2.45, 2.75) is 32.6 Å². The number of allylic oxidation sites excluding steroid dienone is 1. The van der Waals surface area contributed by atoms with Gasteiger partial charge in [0.1, 0.15) is 5.75 Å². The van der Waals surface area contributed by atoms with Crippen LogP contribution in [0.25, 0.3) is 17.0 Å². The molecule has 23 heavy (non-hydrogen) atoms. The smallest absolute Gasteiger partial charge is 0.174 e. The standard InChI is InChI=1S/C19H26N2O2/c1-4-5-15-12-16(22-3)13-17-18(20-23-19(15)17)7-6-14-8-10-21(2)11-9-14/h4-5,12-14H,6-11H2,1-3H3/b5-4+. The zero-order chi connectivity index (χ0) is 16.2. The number of piperidine rings is 1. The van der Waals surface area contributed by atoms with E-state index in [2.05, 4.69) is 17.1 Å². The number of hydrogen-bond acceptors (Lipinski definition) is 4. The van der Waals surface area contributed by atoms with Crippen LogP contribution in [-0.2, 0) is 6.42 Å². The van der Waals surface area contributed by atoms with Gasteiger partial charge in [0.25, 0.3) is 0 Å². The molecule has 0 amide bonds. The number of hydrogen-bond donors (Lipinski definition) is 0. The van der Waals surface area contributed by atoms with Crippen LogP contribution in [0.1, 0.15) is 37.4 Å². The van der Waals surface area contributed by atoms with Crippen LogP contribution in [0, 0.1) is 5.92 Å². The molecule has 0 N–H and O–H groups in total. The first-order valence-electron chi connectivity index (χ1n) is 8.48. The number of aryl methyl sites for hydroxylation is 1.